The molecule has 5 heteroatoms. The zero-order chi connectivity index (χ0) is 14.5. The van der Waals surface area contributed by atoms with Crippen LogP contribution in [0.5, 0.6) is 11.5 Å². The summed E-state index contributed by atoms with van der Waals surface area (Å²) in [6.45, 7) is 0.318. The second kappa shape index (κ2) is 6.06. The SMILES string of the molecule is COc1cc(C(=O)NCc2ccc(O)cc2)ccc1F. The van der Waals surface area contributed by atoms with E-state index < -0.39 is 5.82 Å². The van der Waals surface area contributed by atoms with E-state index in [2.05, 4.69) is 5.32 Å². The van der Waals surface area contributed by atoms with Crippen LogP contribution in [0.2, 0.25) is 0 Å². The normalized spacial score (nSPS) is 10.1. The first-order valence-electron chi connectivity index (χ1n) is 6.00. The fourth-order valence-corrected chi connectivity index (χ4v) is 1.70. The van der Waals surface area contributed by atoms with Crippen molar-refractivity contribution in [3.05, 3.63) is 59.4 Å². The maximum atomic E-state index is 13.2. The number of hydrogen-bond acceptors (Lipinski definition) is 3. The molecule has 2 rings (SSSR count). The molecule has 0 atom stereocenters. The van der Waals surface area contributed by atoms with Crippen molar-refractivity contribution in [1.82, 2.24) is 5.32 Å². The predicted octanol–water partition coefficient (Wildman–Crippen LogP) is 2.47. The van der Waals surface area contributed by atoms with Crippen LogP contribution in [0, 0.1) is 5.82 Å². The van der Waals surface area contributed by atoms with E-state index in [0.29, 0.717) is 12.1 Å². The first kappa shape index (κ1) is 13.9. The number of nitrogens with one attached hydrogen (secondary N) is 1. The Morgan fingerprint density at radius 1 is 1.25 bits per heavy atom. The first-order valence-corrected chi connectivity index (χ1v) is 6.00. The summed E-state index contributed by atoms with van der Waals surface area (Å²) in [5.74, 6) is -0.635. The largest absolute Gasteiger partial charge is 0.508 e. The Morgan fingerprint density at radius 2 is 1.95 bits per heavy atom. The van der Waals surface area contributed by atoms with E-state index >= 15 is 0 Å². The number of halogens is 1. The molecule has 0 aromatic heterocycles. The first-order chi connectivity index (χ1) is 9.60. The molecule has 20 heavy (non-hydrogen) atoms. The van der Waals surface area contributed by atoms with E-state index in [0.717, 1.165) is 5.56 Å². The summed E-state index contributed by atoms with van der Waals surface area (Å²) in [5, 5.41) is 11.9. The van der Waals surface area contributed by atoms with Crippen molar-refractivity contribution in [2.24, 2.45) is 0 Å². The minimum atomic E-state index is -0.511. The molecule has 0 aliphatic heterocycles. The molecule has 4 nitrogen and oxygen atoms in total. The van der Waals surface area contributed by atoms with Crippen molar-refractivity contribution < 1.29 is 19.0 Å². The minimum Gasteiger partial charge on any atom is -0.508 e. The van der Waals surface area contributed by atoms with Gasteiger partial charge in [0.2, 0.25) is 0 Å². The molecule has 1 amide bonds. The van der Waals surface area contributed by atoms with E-state index in [1.165, 1.54) is 25.3 Å². The Bertz CT molecular complexity index is 611. The topological polar surface area (TPSA) is 58.6 Å². The average molecular weight is 275 g/mol. The number of methoxy groups -OCH3 is 1. The maximum Gasteiger partial charge on any atom is 0.251 e. The lowest BCUT2D eigenvalue weighted by Crippen LogP contribution is -2.22. The van der Waals surface area contributed by atoms with Crippen LogP contribution >= 0.6 is 0 Å². The Labute approximate surface area is 115 Å². The third-order valence-electron chi connectivity index (χ3n) is 2.80. The summed E-state index contributed by atoms with van der Waals surface area (Å²) < 4.78 is 18.1. The van der Waals surface area contributed by atoms with Gasteiger partial charge in [0.25, 0.3) is 5.91 Å². The van der Waals surface area contributed by atoms with Crippen molar-refractivity contribution in [2.75, 3.05) is 7.11 Å². The van der Waals surface area contributed by atoms with Gasteiger partial charge in [-0.25, -0.2) is 4.39 Å². The highest BCUT2D eigenvalue weighted by molar-refractivity contribution is 5.94. The number of phenols is 1. The zero-order valence-corrected chi connectivity index (χ0v) is 10.9. The zero-order valence-electron chi connectivity index (χ0n) is 10.9. The minimum absolute atomic E-state index is 0.0299. The highest BCUT2D eigenvalue weighted by atomic mass is 19.1. The molecule has 2 aromatic rings. The standard InChI is InChI=1S/C15H14FNO3/c1-20-14-8-11(4-7-13(14)16)15(19)17-9-10-2-5-12(18)6-3-10/h2-8,18H,9H2,1H3,(H,17,19). The van der Waals surface area contributed by atoms with Gasteiger partial charge in [0.15, 0.2) is 11.6 Å². The lowest BCUT2D eigenvalue weighted by atomic mass is 10.1. The number of aromatic hydroxyl groups is 1. The number of rotatable bonds is 4. The van der Waals surface area contributed by atoms with E-state index in [-0.39, 0.29) is 17.4 Å². The van der Waals surface area contributed by atoms with Crippen LogP contribution in [0.1, 0.15) is 15.9 Å². The van der Waals surface area contributed by atoms with Gasteiger partial charge >= 0.3 is 0 Å². The predicted molar refractivity (Wildman–Crippen MR) is 72.2 cm³/mol. The van der Waals surface area contributed by atoms with Crippen molar-refractivity contribution in [3.8, 4) is 11.5 Å². The Morgan fingerprint density at radius 3 is 2.60 bits per heavy atom. The molecule has 2 N–H and O–H groups in total. The number of carbonyl (C=O) groups excluding carboxylic acids is 1. The van der Waals surface area contributed by atoms with Crippen LogP contribution in [-0.4, -0.2) is 18.1 Å². The van der Waals surface area contributed by atoms with Crippen LogP contribution < -0.4 is 10.1 Å². The van der Waals surface area contributed by atoms with Gasteiger partial charge in [-0.05, 0) is 35.9 Å². The van der Waals surface area contributed by atoms with Gasteiger partial charge in [0.1, 0.15) is 5.75 Å². The van der Waals surface area contributed by atoms with Crippen molar-refractivity contribution in [1.29, 1.82) is 0 Å². The molecule has 0 bridgehead atoms. The summed E-state index contributed by atoms with van der Waals surface area (Å²) in [6.07, 6.45) is 0. The number of benzene rings is 2. The highest BCUT2D eigenvalue weighted by Crippen LogP contribution is 2.18. The third kappa shape index (κ3) is 3.26. The Hall–Kier alpha value is -2.56. The Balaban J connectivity index is 2.03. The molecule has 0 spiro atoms. The van der Waals surface area contributed by atoms with E-state index in [4.69, 9.17) is 9.84 Å². The fraction of sp³-hybridized carbons (Fsp3) is 0.133. The van der Waals surface area contributed by atoms with Gasteiger partial charge in [-0.1, -0.05) is 12.1 Å². The van der Waals surface area contributed by atoms with Gasteiger partial charge in [-0.3, -0.25) is 4.79 Å². The summed E-state index contributed by atoms with van der Waals surface area (Å²) >= 11 is 0. The van der Waals surface area contributed by atoms with Crippen molar-refractivity contribution in [3.63, 3.8) is 0 Å². The maximum absolute atomic E-state index is 13.2. The highest BCUT2D eigenvalue weighted by Gasteiger charge is 2.09. The number of amides is 1. The van der Waals surface area contributed by atoms with Gasteiger partial charge in [0.05, 0.1) is 7.11 Å². The van der Waals surface area contributed by atoms with Crippen LogP contribution in [0.15, 0.2) is 42.5 Å². The van der Waals surface area contributed by atoms with Gasteiger partial charge < -0.3 is 15.2 Å². The van der Waals surface area contributed by atoms with Crippen molar-refractivity contribution in [2.45, 2.75) is 6.54 Å². The van der Waals surface area contributed by atoms with E-state index in [1.54, 1.807) is 24.3 Å². The molecule has 0 saturated carbocycles. The molecule has 104 valence electrons. The van der Waals surface area contributed by atoms with Gasteiger partial charge in [-0.15, -0.1) is 0 Å². The van der Waals surface area contributed by atoms with Crippen LogP contribution in [0.4, 0.5) is 4.39 Å². The summed E-state index contributed by atoms with van der Waals surface area (Å²) in [7, 11) is 1.34. The number of carbonyl (C=O) groups is 1. The summed E-state index contributed by atoms with van der Waals surface area (Å²) in [5.41, 5.74) is 1.17. The lowest BCUT2D eigenvalue weighted by molar-refractivity contribution is 0.0950. The summed E-state index contributed by atoms with van der Waals surface area (Å²) in [4.78, 5) is 11.9. The second-order valence-electron chi connectivity index (χ2n) is 4.20. The molecule has 0 aliphatic rings. The lowest BCUT2D eigenvalue weighted by Gasteiger charge is -2.07. The number of hydrogen-bond donors (Lipinski definition) is 2. The second-order valence-corrected chi connectivity index (χ2v) is 4.20. The smallest absolute Gasteiger partial charge is 0.251 e. The monoisotopic (exact) mass is 275 g/mol. The molecule has 0 aliphatic carbocycles. The molecule has 0 saturated heterocycles. The molecule has 0 radical (unpaired) electrons. The van der Waals surface area contributed by atoms with Crippen LogP contribution in [-0.2, 0) is 6.54 Å². The molecule has 0 fully saturated rings. The summed E-state index contributed by atoms with van der Waals surface area (Å²) in [6, 6.07) is 10.4. The molecule has 2 aromatic carbocycles. The Kier molecular flexibility index (Phi) is 4.20. The fourth-order valence-electron chi connectivity index (χ4n) is 1.70. The number of ether oxygens (including phenoxy) is 1. The van der Waals surface area contributed by atoms with E-state index in [9.17, 15) is 9.18 Å². The molecular formula is C15H14FNO3. The quantitative estimate of drug-likeness (QED) is 0.901. The average Bonchev–Trinajstić information content (AvgIpc) is 2.47. The number of phenolic OH excluding ortho intramolecular Hbond substituents is 1. The van der Waals surface area contributed by atoms with Gasteiger partial charge in [0, 0.05) is 12.1 Å². The van der Waals surface area contributed by atoms with Gasteiger partial charge in [-0.2, -0.15) is 0 Å². The third-order valence-corrected chi connectivity index (χ3v) is 2.80. The molecule has 0 unspecified atom stereocenters. The van der Waals surface area contributed by atoms with Crippen LogP contribution in [0.25, 0.3) is 0 Å². The van der Waals surface area contributed by atoms with Crippen molar-refractivity contribution >= 4 is 5.91 Å². The molecular weight excluding hydrogens is 261 g/mol. The van der Waals surface area contributed by atoms with Crippen LogP contribution in [0.3, 0.4) is 0 Å². The van der Waals surface area contributed by atoms with E-state index in [1.807, 2.05) is 0 Å². The molecule has 0 heterocycles.